The van der Waals surface area contributed by atoms with E-state index in [0.29, 0.717) is 59.0 Å². The zero-order valence-electron chi connectivity index (χ0n) is 26.4. The van der Waals surface area contributed by atoms with Crippen LogP contribution in [0.1, 0.15) is 70.5 Å². The van der Waals surface area contributed by atoms with E-state index in [1.807, 2.05) is 70.4 Å². The third-order valence-electron chi connectivity index (χ3n) is 11.0. The predicted molar refractivity (Wildman–Crippen MR) is 183 cm³/mol. The number of amides is 1. The quantitative estimate of drug-likeness (QED) is 0.183. The van der Waals surface area contributed by atoms with Gasteiger partial charge >= 0.3 is 5.97 Å². The van der Waals surface area contributed by atoms with E-state index in [1.165, 1.54) is 17.8 Å². The number of rotatable bonds is 7. The van der Waals surface area contributed by atoms with Crippen LogP contribution in [0.4, 0.5) is 10.9 Å². The number of para-hydroxylation sites is 1. The lowest BCUT2D eigenvalue weighted by Gasteiger charge is -2.60. The molecule has 0 saturated heterocycles. The summed E-state index contributed by atoms with van der Waals surface area (Å²) in [6.45, 7) is 1.81. The number of carboxylic acid groups (broad SMARTS) is 1. The van der Waals surface area contributed by atoms with Crippen LogP contribution in [-0.2, 0) is 19.5 Å². The SMILES string of the molecule is O=C(Nc1nc2ccccc2s1)c1cccc2c1CN(c1ccc(-c3cnn(CC45CC6CC(CC(O)(C6)C4)C5)c3)c(C(=O)O)n1)CC2. The summed E-state index contributed by atoms with van der Waals surface area (Å²) in [5, 5.41) is 29.7. The lowest BCUT2D eigenvalue weighted by atomic mass is 9.48. The van der Waals surface area contributed by atoms with E-state index in [0.717, 1.165) is 60.0 Å². The van der Waals surface area contributed by atoms with Crippen molar-refractivity contribution in [3.63, 3.8) is 0 Å². The average molecular weight is 661 g/mol. The number of aromatic nitrogens is 4. The highest BCUT2D eigenvalue weighted by Crippen LogP contribution is 2.62. The Morgan fingerprint density at radius 3 is 2.62 bits per heavy atom. The highest BCUT2D eigenvalue weighted by Gasteiger charge is 2.57. The lowest BCUT2D eigenvalue weighted by molar-refractivity contribution is -0.168. The Bertz CT molecular complexity index is 2060. The molecule has 4 heterocycles. The van der Waals surface area contributed by atoms with Gasteiger partial charge in [-0.1, -0.05) is 35.6 Å². The van der Waals surface area contributed by atoms with Crippen molar-refractivity contribution in [2.75, 3.05) is 16.8 Å². The van der Waals surface area contributed by atoms with Gasteiger partial charge in [-0.05, 0) is 104 Å². The number of hydrogen-bond donors (Lipinski definition) is 3. The molecule has 3 aromatic heterocycles. The van der Waals surface area contributed by atoms with Crippen molar-refractivity contribution in [2.24, 2.45) is 17.3 Å². The van der Waals surface area contributed by atoms with Gasteiger partial charge in [0.25, 0.3) is 5.91 Å². The van der Waals surface area contributed by atoms with Crippen molar-refractivity contribution < 1.29 is 19.8 Å². The number of fused-ring (bicyclic) bond motifs is 2. The number of nitrogens with zero attached hydrogens (tertiary/aromatic N) is 5. The smallest absolute Gasteiger partial charge is 0.355 e. The molecular weight excluding hydrogens is 625 g/mol. The molecule has 10 nitrogen and oxygen atoms in total. The normalized spacial score (nSPS) is 25.7. The molecule has 2 atom stereocenters. The van der Waals surface area contributed by atoms with E-state index in [2.05, 4.69) is 20.4 Å². The van der Waals surface area contributed by atoms with Gasteiger partial charge in [-0.2, -0.15) is 5.10 Å². The maximum absolute atomic E-state index is 13.5. The maximum Gasteiger partial charge on any atom is 0.355 e. The molecule has 3 N–H and O–H groups in total. The average Bonchev–Trinajstić information content (AvgIpc) is 3.68. The number of carbonyl (C=O) groups is 2. The minimum atomic E-state index is -1.10. The van der Waals surface area contributed by atoms with Gasteiger partial charge in [0.1, 0.15) is 5.82 Å². The van der Waals surface area contributed by atoms with E-state index < -0.39 is 11.6 Å². The van der Waals surface area contributed by atoms with Gasteiger partial charge in [0, 0.05) is 42.5 Å². The van der Waals surface area contributed by atoms with E-state index in [1.54, 1.807) is 6.20 Å². The zero-order chi connectivity index (χ0) is 32.6. The molecule has 1 aliphatic heterocycles. The molecule has 4 fully saturated rings. The molecule has 11 heteroatoms. The standard InChI is InChI=1S/C37H36N6O4S/c44-33(41-35-39-29-6-1-2-7-30(29)48-35)27-5-3-4-24-10-11-42(19-28(24)27)31-9-8-26(32(40-31)34(45)46)25-17-38-43(18-25)21-36-13-22-12-23(14-36)16-37(47,15-22)20-36/h1-9,17-18,22-23,47H,10-16,19-21H2,(H,45,46)(H,39,41,44). The van der Waals surface area contributed by atoms with Crippen LogP contribution in [0, 0.1) is 17.3 Å². The molecule has 10 rings (SSSR count). The summed E-state index contributed by atoms with van der Waals surface area (Å²) >= 11 is 1.44. The van der Waals surface area contributed by atoms with E-state index in [-0.39, 0.29) is 17.0 Å². The van der Waals surface area contributed by atoms with Crippen molar-refractivity contribution in [2.45, 2.75) is 63.6 Å². The number of aromatic carboxylic acids is 1. The second-order valence-corrected chi connectivity index (χ2v) is 15.6. The van der Waals surface area contributed by atoms with Gasteiger partial charge in [-0.3, -0.25) is 14.8 Å². The van der Waals surface area contributed by atoms with E-state index in [9.17, 15) is 19.8 Å². The molecule has 2 aromatic carbocycles. The molecular formula is C37H36N6O4S. The molecule has 5 aliphatic rings. The second kappa shape index (κ2) is 11.0. The van der Waals surface area contributed by atoms with Gasteiger partial charge in [0.15, 0.2) is 10.8 Å². The van der Waals surface area contributed by atoms with Crippen LogP contribution in [0.3, 0.4) is 0 Å². The van der Waals surface area contributed by atoms with Crippen molar-refractivity contribution >= 4 is 44.4 Å². The van der Waals surface area contributed by atoms with Crippen LogP contribution in [0.5, 0.6) is 0 Å². The van der Waals surface area contributed by atoms with Gasteiger partial charge in [-0.25, -0.2) is 14.8 Å². The zero-order valence-corrected chi connectivity index (χ0v) is 27.2. The third kappa shape index (κ3) is 5.16. The first-order valence-electron chi connectivity index (χ1n) is 16.7. The van der Waals surface area contributed by atoms with Crippen molar-refractivity contribution in [3.8, 4) is 11.1 Å². The van der Waals surface area contributed by atoms with Crippen LogP contribution in [-0.4, -0.2) is 54.0 Å². The summed E-state index contributed by atoms with van der Waals surface area (Å²) in [6, 6.07) is 17.2. The maximum atomic E-state index is 13.5. The first-order valence-corrected chi connectivity index (χ1v) is 17.6. The largest absolute Gasteiger partial charge is 0.476 e. The van der Waals surface area contributed by atoms with Crippen molar-refractivity contribution in [3.05, 3.63) is 89.4 Å². The number of anilines is 2. The number of benzene rings is 2. The van der Waals surface area contributed by atoms with Crippen LogP contribution in [0.15, 0.2) is 67.0 Å². The molecule has 48 heavy (non-hydrogen) atoms. The minimum Gasteiger partial charge on any atom is -0.476 e. The van der Waals surface area contributed by atoms with Crippen LogP contribution in [0.25, 0.3) is 21.3 Å². The lowest BCUT2D eigenvalue weighted by Crippen LogP contribution is -2.56. The number of hydrogen-bond acceptors (Lipinski definition) is 8. The molecule has 5 aromatic rings. The molecule has 4 bridgehead atoms. The van der Waals surface area contributed by atoms with Crippen molar-refractivity contribution in [1.82, 2.24) is 19.7 Å². The Morgan fingerprint density at radius 2 is 1.83 bits per heavy atom. The van der Waals surface area contributed by atoms with Gasteiger partial charge in [0.2, 0.25) is 0 Å². The number of nitrogens with one attached hydrogen (secondary N) is 1. The molecule has 2 unspecified atom stereocenters. The predicted octanol–water partition coefficient (Wildman–Crippen LogP) is 6.40. The van der Waals surface area contributed by atoms with Gasteiger partial charge < -0.3 is 15.1 Å². The monoisotopic (exact) mass is 660 g/mol. The first-order chi connectivity index (χ1) is 23.2. The molecule has 0 radical (unpaired) electrons. The second-order valence-electron chi connectivity index (χ2n) is 14.5. The fourth-order valence-corrected chi connectivity index (χ4v) is 10.5. The minimum absolute atomic E-state index is 0.0242. The fraction of sp³-hybridized carbons (Fsp3) is 0.378. The highest BCUT2D eigenvalue weighted by atomic mass is 32.1. The summed E-state index contributed by atoms with van der Waals surface area (Å²) in [5.74, 6) is 0.412. The molecule has 0 spiro atoms. The Hall–Kier alpha value is -4.61. The van der Waals surface area contributed by atoms with Crippen LogP contribution >= 0.6 is 11.3 Å². The van der Waals surface area contributed by atoms with Gasteiger partial charge in [-0.15, -0.1) is 0 Å². The highest BCUT2D eigenvalue weighted by molar-refractivity contribution is 7.22. The summed E-state index contributed by atoms with van der Waals surface area (Å²) in [4.78, 5) is 37.3. The summed E-state index contributed by atoms with van der Waals surface area (Å²) in [6.07, 6.45) is 10.5. The molecule has 4 aliphatic carbocycles. The molecule has 4 saturated carbocycles. The van der Waals surface area contributed by atoms with E-state index >= 15 is 0 Å². The number of thiazole rings is 1. The Kier molecular flexibility index (Phi) is 6.74. The molecule has 244 valence electrons. The Labute approximate surface area is 281 Å². The fourth-order valence-electron chi connectivity index (χ4n) is 9.62. The van der Waals surface area contributed by atoms with Crippen LogP contribution < -0.4 is 10.2 Å². The number of pyridine rings is 1. The topological polar surface area (TPSA) is 133 Å². The number of carboxylic acids is 1. The van der Waals surface area contributed by atoms with Crippen LogP contribution in [0.2, 0.25) is 0 Å². The van der Waals surface area contributed by atoms with Crippen molar-refractivity contribution in [1.29, 1.82) is 0 Å². The number of aliphatic hydroxyl groups is 1. The Balaban J connectivity index is 0.953. The summed E-state index contributed by atoms with van der Waals surface area (Å²) in [7, 11) is 0. The third-order valence-corrected chi connectivity index (χ3v) is 12.0. The number of carbonyl (C=O) groups excluding carboxylic acids is 1. The first kappa shape index (κ1) is 29.5. The van der Waals surface area contributed by atoms with Gasteiger partial charge in [0.05, 0.1) is 22.0 Å². The van der Waals surface area contributed by atoms with E-state index in [4.69, 9.17) is 0 Å². The Morgan fingerprint density at radius 1 is 1.00 bits per heavy atom. The molecule has 1 amide bonds. The summed E-state index contributed by atoms with van der Waals surface area (Å²) in [5.41, 5.74) is 4.15. The summed E-state index contributed by atoms with van der Waals surface area (Å²) < 4.78 is 2.95.